The normalized spacial score (nSPS) is 16.3. The standard InChI is InChI=1S/C66H77N3O/c1-61(2,3)47-29-27-42(28-30-47)44-33-34-68(18)57(38-44)46-35-45(36-49(37-46)62(4,5)6)51-25-22-26-56-58(51)67-60(53-40-50(63(7,8)9)41-54(59(53)70)64(10,11)12)69(56)55-32-31-48(66(16,17)65(13,14)15)39-52(55)43-23-20-19-21-24-43/h19-41,70H,18H2,1-17H3/i1D3,2D3,3D3,27D,28D,29D,30D. The first-order chi connectivity index (χ1) is 37.9. The van der Waals surface area contributed by atoms with Crippen LogP contribution in [-0.4, -0.2) is 14.7 Å². The van der Waals surface area contributed by atoms with Gasteiger partial charge in [0.05, 0.1) is 34.0 Å². The molecule has 0 saturated carbocycles. The zero-order valence-corrected chi connectivity index (χ0v) is 43.5. The minimum atomic E-state index is -3.82. The van der Waals surface area contributed by atoms with Crippen LogP contribution < -0.4 is 4.57 Å². The van der Waals surface area contributed by atoms with E-state index in [0.29, 0.717) is 28.2 Å². The van der Waals surface area contributed by atoms with E-state index in [4.69, 9.17) is 20.1 Å². The second kappa shape index (κ2) is 17.5. The van der Waals surface area contributed by atoms with Crippen LogP contribution in [0.1, 0.15) is 163 Å². The van der Waals surface area contributed by atoms with Gasteiger partial charge in [-0.05, 0) is 119 Å². The molecule has 0 amide bonds. The van der Waals surface area contributed by atoms with Crippen LogP contribution in [0.5, 0.6) is 5.75 Å². The van der Waals surface area contributed by atoms with Gasteiger partial charge in [-0.25, -0.2) is 4.98 Å². The summed E-state index contributed by atoms with van der Waals surface area (Å²) >= 11 is 0. The maximum absolute atomic E-state index is 12.7. The Morgan fingerprint density at radius 3 is 1.77 bits per heavy atom. The summed E-state index contributed by atoms with van der Waals surface area (Å²) < 4.78 is 115. The monoisotopic (exact) mass is 941 g/mol. The molecular weight excluding hydrogens is 851 g/mol. The fourth-order valence-corrected chi connectivity index (χ4v) is 8.91. The molecule has 8 rings (SSSR count). The number of phenolic OH excluding ortho intramolecular Hbond substituents is 1. The lowest BCUT2D eigenvalue weighted by Crippen LogP contribution is -2.34. The number of hydrogen-bond donors (Lipinski definition) is 1. The van der Waals surface area contributed by atoms with Gasteiger partial charge in [0.1, 0.15) is 17.3 Å². The number of hydrogen-bond acceptors (Lipinski definition) is 2. The van der Waals surface area contributed by atoms with E-state index in [-0.39, 0.29) is 33.1 Å². The van der Waals surface area contributed by atoms with Crippen molar-refractivity contribution in [1.29, 1.82) is 0 Å². The largest absolute Gasteiger partial charge is 0.507 e. The summed E-state index contributed by atoms with van der Waals surface area (Å²) in [4.78, 5) is 5.66. The third kappa shape index (κ3) is 9.47. The molecule has 0 aliphatic carbocycles. The van der Waals surface area contributed by atoms with Gasteiger partial charge in [0.25, 0.3) is 0 Å². The Balaban J connectivity index is 1.45. The van der Waals surface area contributed by atoms with Crippen LogP contribution in [0.25, 0.3) is 72.7 Å². The van der Waals surface area contributed by atoms with E-state index in [2.05, 4.69) is 163 Å². The Morgan fingerprint density at radius 2 is 1.16 bits per heavy atom. The van der Waals surface area contributed by atoms with Crippen molar-refractivity contribution in [3.05, 3.63) is 174 Å². The topological polar surface area (TPSA) is 41.9 Å². The van der Waals surface area contributed by atoms with Gasteiger partial charge in [0.15, 0.2) is 0 Å². The van der Waals surface area contributed by atoms with Crippen LogP contribution in [0.2, 0.25) is 0 Å². The van der Waals surface area contributed by atoms with E-state index < -0.39 is 66.5 Å². The second-order valence-electron chi connectivity index (χ2n) is 23.7. The molecule has 0 atom stereocenters. The zero-order valence-electron chi connectivity index (χ0n) is 56.5. The number of fused-ring (bicyclic) bond motifs is 1. The van der Waals surface area contributed by atoms with Gasteiger partial charge < -0.3 is 9.67 Å². The molecule has 70 heavy (non-hydrogen) atoms. The number of rotatable bonds is 7. The van der Waals surface area contributed by atoms with Crippen LogP contribution in [0.4, 0.5) is 0 Å². The van der Waals surface area contributed by atoms with Crippen molar-refractivity contribution < 1.29 is 27.5 Å². The van der Waals surface area contributed by atoms with Crippen LogP contribution in [-0.2, 0) is 27.1 Å². The summed E-state index contributed by atoms with van der Waals surface area (Å²) in [6.45, 7) is 18.9. The van der Waals surface area contributed by atoms with E-state index in [1.807, 2.05) is 42.5 Å². The number of aromatic nitrogens is 3. The molecule has 0 aliphatic heterocycles. The Kier molecular flexibility index (Phi) is 8.91. The third-order valence-electron chi connectivity index (χ3n) is 14.4. The molecule has 0 bridgehead atoms. The first-order valence-corrected chi connectivity index (χ1v) is 24.1. The Labute approximate surface area is 438 Å². The Morgan fingerprint density at radius 1 is 0.529 bits per heavy atom. The lowest BCUT2D eigenvalue weighted by atomic mass is 9.65. The zero-order chi connectivity index (χ0) is 62.1. The van der Waals surface area contributed by atoms with Gasteiger partial charge in [-0.2, -0.15) is 0 Å². The van der Waals surface area contributed by atoms with E-state index in [0.717, 1.165) is 55.7 Å². The molecule has 1 N–H and O–H groups in total. The van der Waals surface area contributed by atoms with Gasteiger partial charge in [-0.15, -0.1) is 0 Å². The number of imidazole rings is 1. The van der Waals surface area contributed by atoms with Crippen molar-refractivity contribution in [2.45, 2.75) is 145 Å². The summed E-state index contributed by atoms with van der Waals surface area (Å²) in [6.07, 6.45) is 1.59. The highest BCUT2D eigenvalue weighted by Gasteiger charge is 2.36. The van der Waals surface area contributed by atoms with Crippen LogP contribution in [0.15, 0.2) is 140 Å². The molecule has 0 fully saturated rings. The Bertz CT molecular complexity index is 3770. The lowest BCUT2D eigenvalue weighted by molar-refractivity contribution is -0.600. The van der Waals surface area contributed by atoms with Crippen LogP contribution >= 0.6 is 0 Å². The number of phenols is 1. The molecule has 2 aromatic heterocycles. The summed E-state index contributed by atoms with van der Waals surface area (Å²) in [5.41, 5.74) is 4.74. The maximum atomic E-state index is 12.7. The van der Waals surface area contributed by atoms with E-state index in [9.17, 15) is 7.85 Å². The van der Waals surface area contributed by atoms with Gasteiger partial charge in [0, 0.05) is 36.1 Å². The number of benzene rings is 6. The van der Waals surface area contributed by atoms with Gasteiger partial charge in [-0.1, -0.05) is 214 Å². The average molecular weight is 941 g/mol. The molecule has 6 aromatic carbocycles. The van der Waals surface area contributed by atoms with Crippen molar-refractivity contribution >= 4 is 11.0 Å². The first kappa shape index (κ1) is 35.7. The molecule has 4 nitrogen and oxygen atoms in total. The van der Waals surface area contributed by atoms with Gasteiger partial charge >= 0.3 is 0 Å². The molecule has 4 heteroatoms. The quantitative estimate of drug-likeness (QED) is 0.128. The van der Waals surface area contributed by atoms with Crippen LogP contribution in [0.3, 0.4) is 0 Å². The molecule has 2 heterocycles. The smallest absolute Gasteiger partial charge is 0.149 e. The van der Waals surface area contributed by atoms with Crippen molar-refractivity contribution in [2.75, 3.05) is 0 Å². The van der Waals surface area contributed by atoms with Gasteiger partial charge in [0.2, 0.25) is 0 Å². The molecule has 0 unspecified atom stereocenters. The van der Waals surface area contributed by atoms with Crippen molar-refractivity contribution in [3.8, 4) is 67.5 Å². The summed E-state index contributed by atoms with van der Waals surface area (Å²) in [5.74, 6) is 0.673. The van der Waals surface area contributed by atoms with Gasteiger partial charge in [-0.3, -0.25) is 4.57 Å². The minimum absolute atomic E-state index is 0.0954. The maximum Gasteiger partial charge on any atom is 0.149 e. The predicted octanol–water partition coefficient (Wildman–Crippen LogP) is 17.5. The summed E-state index contributed by atoms with van der Waals surface area (Å²) in [7, 11) is 4.31. The molecule has 0 aliphatic rings. The average Bonchev–Trinajstić information content (AvgIpc) is 2.75. The molecule has 8 aromatic rings. The summed E-state index contributed by atoms with van der Waals surface area (Å²) in [6, 6.07) is 32.7. The molecule has 0 radical (unpaired) electrons. The Hall–Kier alpha value is -6.39. The van der Waals surface area contributed by atoms with Crippen molar-refractivity contribution in [3.63, 3.8) is 0 Å². The molecule has 0 spiro atoms. The highest BCUT2D eigenvalue weighted by molar-refractivity contribution is 5.98. The third-order valence-corrected chi connectivity index (χ3v) is 14.4. The van der Waals surface area contributed by atoms with E-state index in [1.165, 1.54) is 6.07 Å². The number of para-hydroxylation sites is 1. The van der Waals surface area contributed by atoms with Crippen molar-refractivity contribution in [1.82, 2.24) is 9.55 Å². The SMILES string of the molecule is [2H]c1c([2H])c(C(C([2H])([2H])[2H])(C([2H])([2H])[2H])C([2H])([2H])[2H])c([2H])c([2H])c1-c1cc[n+]([CH2-])c(-c2cc(-c3cccc4c3nc(-c3cc(C(C)(C)C)cc(C(C)(C)C)c3O)n4-c3ccc(C(C)(C)C(C)(C)C)cc3-c3ccccc3)cc(C(C)(C)C)c2)c1. The number of nitrogens with zero attached hydrogens (tertiary/aromatic N) is 3. The van der Waals surface area contributed by atoms with E-state index in [1.54, 1.807) is 16.8 Å². The van der Waals surface area contributed by atoms with Crippen molar-refractivity contribution in [2.24, 2.45) is 5.41 Å². The molecular formula is C66H77N3O. The van der Waals surface area contributed by atoms with Crippen LogP contribution in [0, 0.1) is 12.5 Å². The predicted molar refractivity (Wildman–Crippen MR) is 298 cm³/mol. The fourth-order valence-electron chi connectivity index (χ4n) is 8.91. The molecule has 0 saturated heterocycles. The molecule has 362 valence electrons. The number of pyridine rings is 1. The summed E-state index contributed by atoms with van der Waals surface area (Å²) in [5, 5.41) is 12.7. The fraction of sp³-hybridized carbons (Fsp3) is 0.348. The first-order valence-electron chi connectivity index (χ1n) is 30.6. The highest BCUT2D eigenvalue weighted by Crippen LogP contribution is 2.48. The minimum Gasteiger partial charge on any atom is -0.507 e. The van der Waals surface area contributed by atoms with E-state index >= 15 is 0 Å². The lowest BCUT2D eigenvalue weighted by Gasteiger charge is -2.40. The number of aromatic hydroxyl groups is 1. The highest BCUT2D eigenvalue weighted by atomic mass is 16.3. The second-order valence-corrected chi connectivity index (χ2v) is 23.7.